The van der Waals surface area contributed by atoms with Gasteiger partial charge in [0.1, 0.15) is 11.8 Å². The lowest BCUT2D eigenvalue weighted by Crippen LogP contribution is -2.20. The van der Waals surface area contributed by atoms with E-state index in [4.69, 9.17) is 10.00 Å². The van der Waals surface area contributed by atoms with Gasteiger partial charge >= 0.3 is 0 Å². The Morgan fingerprint density at radius 1 is 1.47 bits per heavy atom. The van der Waals surface area contributed by atoms with Crippen LogP contribution in [0.4, 0.5) is 0 Å². The van der Waals surface area contributed by atoms with Gasteiger partial charge < -0.3 is 9.64 Å². The molecular formula is C13H18N2OS. The number of ether oxygens (including phenoxy) is 1. The van der Waals surface area contributed by atoms with Gasteiger partial charge in [-0.1, -0.05) is 6.07 Å². The molecule has 0 saturated carbocycles. The molecule has 1 aromatic carbocycles. The van der Waals surface area contributed by atoms with E-state index in [1.165, 1.54) is 0 Å². The highest BCUT2D eigenvalue weighted by atomic mass is 32.2. The molecule has 0 aliphatic heterocycles. The molecule has 17 heavy (non-hydrogen) atoms. The number of thioether (sulfide) groups is 1. The van der Waals surface area contributed by atoms with E-state index < -0.39 is 0 Å². The van der Waals surface area contributed by atoms with Crippen molar-refractivity contribution in [3.8, 4) is 11.8 Å². The van der Waals surface area contributed by atoms with E-state index in [1.807, 2.05) is 30.0 Å². The molecule has 1 aromatic rings. The first-order valence-corrected chi connectivity index (χ1v) is 6.85. The standard InChI is InChI=1S/C13H18N2OS/c1-15(6-7-17-3)10-11-4-5-13(16-2)12(8-11)9-14/h4-5,8H,6-7,10H2,1-3H3. The highest BCUT2D eigenvalue weighted by Crippen LogP contribution is 2.19. The smallest absolute Gasteiger partial charge is 0.136 e. The topological polar surface area (TPSA) is 36.3 Å². The van der Waals surface area contributed by atoms with Crippen LogP contribution < -0.4 is 4.74 Å². The summed E-state index contributed by atoms with van der Waals surface area (Å²) in [7, 11) is 3.67. The third kappa shape index (κ3) is 4.29. The number of nitriles is 1. The summed E-state index contributed by atoms with van der Waals surface area (Å²) < 4.78 is 5.12. The Morgan fingerprint density at radius 2 is 2.24 bits per heavy atom. The molecule has 0 N–H and O–H groups in total. The first-order chi connectivity index (χ1) is 8.21. The lowest BCUT2D eigenvalue weighted by Gasteiger charge is -2.16. The summed E-state index contributed by atoms with van der Waals surface area (Å²) in [6.45, 7) is 1.91. The Kier molecular flexibility index (Phi) is 5.88. The number of methoxy groups -OCH3 is 1. The van der Waals surface area contributed by atoms with Gasteiger partial charge in [-0.15, -0.1) is 0 Å². The molecule has 0 saturated heterocycles. The number of benzene rings is 1. The van der Waals surface area contributed by atoms with Gasteiger partial charge in [-0.3, -0.25) is 0 Å². The summed E-state index contributed by atoms with van der Waals surface area (Å²) >= 11 is 1.84. The molecular weight excluding hydrogens is 232 g/mol. The Hall–Kier alpha value is -1.18. The van der Waals surface area contributed by atoms with E-state index >= 15 is 0 Å². The van der Waals surface area contributed by atoms with E-state index in [1.54, 1.807) is 7.11 Å². The van der Waals surface area contributed by atoms with Crippen molar-refractivity contribution in [2.24, 2.45) is 0 Å². The quantitative estimate of drug-likeness (QED) is 0.776. The highest BCUT2D eigenvalue weighted by Gasteiger charge is 2.05. The summed E-state index contributed by atoms with van der Waals surface area (Å²) in [5.41, 5.74) is 1.74. The summed E-state index contributed by atoms with van der Waals surface area (Å²) in [6.07, 6.45) is 2.11. The van der Waals surface area contributed by atoms with Crippen molar-refractivity contribution in [3.05, 3.63) is 29.3 Å². The van der Waals surface area contributed by atoms with Crippen molar-refractivity contribution in [2.75, 3.05) is 32.7 Å². The monoisotopic (exact) mass is 250 g/mol. The molecule has 0 amide bonds. The van der Waals surface area contributed by atoms with Crippen LogP contribution in [0.3, 0.4) is 0 Å². The molecule has 1 rings (SSSR count). The summed E-state index contributed by atoms with van der Waals surface area (Å²) in [6, 6.07) is 7.92. The first-order valence-electron chi connectivity index (χ1n) is 5.45. The van der Waals surface area contributed by atoms with E-state index in [9.17, 15) is 0 Å². The predicted octanol–water partition coefficient (Wildman–Crippen LogP) is 2.36. The summed E-state index contributed by atoms with van der Waals surface area (Å²) in [5, 5.41) is 9.00. The number of hydrogen-bond acceptors (Lipinski definition) is 4. The molecule has 0 fully saturated rings. The molecule has 0 radical (unpaired) electrons. The van der Waals surface area contributed by atoms with Crippen molar-refractivity contribution in [1.82, 2.24) is 4.90 Å². The molecule has 0 atom stereocenters. The minimum Gasteiger partial charge on any atom is -0.495 e. The number of rotatable bonds is 6. The Morgan fingerprint density at radius 3 is 2.82 bits per heavy atom. The average molecular weight is 250 g/mol. The Balaban J connectivity index is 2.69. The second kappa shape index (κ2) is 7.21. The molecule has 0 bridgehead atoms. The fraction of sp³-hybridized carbons (Fsp3) is 0.462. The minimum absolute atomic E-state index is 0.600. The van der Waals surface area contributed by atoms with Crippen molar-refractivity contribution >= 4 is 11.8 Å². The van der Waals surface area contributed by atoms with E-state index in [2.05, 4.69) is 24.3 Å². The van der Waals surface area contributed by atoms with Crippen LogP contribution >= 0.6 is 11.8 Å². The van der Waals surface area contributed by atoms with Crippen LogP contribution in [0.1, 0.15) is 11.1 Å². The van der Waals surface area contributed by atoms with Crippen LogP contribution in [0.25, 0.3) is 0 Å². The van der Waals surface area contributed by atoms with Gasteiger partial charge in [-0.25, -0.2) is 0 Å². The lowest BCUT2D eigenvalue weighted by atomic mass is 10.1. The van der Waals surface area contributed by atoms with Gasteiger partial charge in [0.25, 0.3) is 0 Å². The zero-order valence-corrected chi connectivity index (χ0v) is 11.4. The second-order valence-corrected chi connectivity index (χ2v) is 4.86. The molecule has 3 nitrogen and oxygen atoms in total. The van der Waals surface area contributed by atoms with E-state index in [0.29, 0.717) is 11.3 Å². The minimum atomic E-state index is 0.600. The molecule has 4 heteroatoms. The molecule has 0 unspecified atom stereocenters. The molecule has 0 aliphatic rings. The van der Waals surface area contributed by atoms with Crippen molar-refractivity contribution < 1.29 is 4.74 Å². The van der Waals surface area contributed by atoms with Gasteiger partial charge in [0.05, 0.1) is 12.7 Å². The molecule has 0 aromatic heterocycles. The fourth-order valence-corrected chi connectivity index (χ4v) is 2.07. The first kappa shape index (κ1) is 13.9. The number of hydrogen-bond donors (Lipinski definition) is 0. The molecule has 0 heterocycles. The maximum absolute atomic E-state index is 9.00. The summed E-state index contributed by atoms with van der Waals surface area (Å²) in [5.74, 6) is 1.76. The SMILES string of the molecule is COc1ccc(CN(C)CCSC)cc1C#N. The predicted molar refractivity (Wildman–Crippen MR) is 72.4 cm³/mol. The van der Waals surface area contributed by atoms with Crippen LogP contribution in [0.2, 0.25) is 0 Å². The van der Waals surface area contributed by atoms with Gasteiger partial charge in [0.15, 0.2) is 0 Å². The van der Waals surface area contributed by atoms with Gasteiger partial charge in [0, 0.05) is 18.8 Å². The maximum atomic E-state index is 9.00. The van der Waals surface area contributed by atoms with Crippen LogP contribution in [0, 0.1) is 11.3 Å². The van der Waals surface area contributed by atoms with Gasteiger partial charge in [0.2, 0.25) is 0 Å². The zero-order valence-electron chi connectivity index (χ0n) is 10.6. The third-order valence-corrected chi connectivity index (χ3v) is 3.10. The highest BCUT2D eigenvalue weighted by molar-refractivity contribution is 7.98. The Bertz CT molecular complexity index is 401. The zero-order chi connectivity index (χ0) is 12.7. The maximum Gasteiger partial charge on any atom is 0.136 e. The largest absolute Gasteiger partial charge is 0.495 e. The van der Waals surface area contributed by atoms with E-state index in [-0.39, 0.29) is 0 Å². The normalized spacial score (nSPS) is 10.3. The molecule has 0 spiro atoms. The van der Waals surface area contributed by atoms with Crippen LogP contribution in [-0.2, 0) is 6.54 Å². The van der Waals surface area contributed by atoms with Crippen LogP contribution in [0.15, 0.2) is 18.2 Å². The van der Waals surface area contributed by atoms with Crippen molar-refractivity contribution in [2.45, 2.75) is 6.54 Å². The van der Waals surface area contributed by atoms with Crippen molar-refractivity contribution in [3.63, 3.8) is 0 Å². The fourth-order valence-electron chi connectivity index (χ4n) is 1.58. The average Bonchev–Trinajstić information content (AvgIpc) is 2.36. The van der Waals surface area contributed by atoms with E-state index in [0.717, 1.165) is 24.4 Å². The number of nitrogens with zero attached hydrogens (tertiary/aromatic N) is 2. The molecule has 0 aliphatic carbocycles. The molecule has 92 valence electrons. The van der Waals surface area contributed by atoms with Crippen molar-refractivity contribution in [1.29, 1.82) is 5.26 Å². The van der Waals surface area contributed by atoms with Crippen LogP contribution in [0.5, 0.6) is 5.75 Å². The summed E-state index contributed by atoms with van der Waals surface area (Å²) in [4.78, 5) is 2.25. The lowest BCUT2D eigenvalue weighted by molar-refractivity contribution is 0.348. The Labute approximate surface area is 107 Å². The third-order valence-electron chi connectivity index (χ3n) is 2.51. The van der Waals surface area contributed by atoms with Gasteiger partial charge in [-0.05, 0) is 31.0 Å². The second-order valence-electron chi connectivity index (χ2n) is 3.88. The van der Waals surface area contributed by atoms with Gasteiger partial charge in [-0.2, -0.15) is 17.0 Å². The van der Waals surface area contributed by atoms with Crippen LogP contribution in [-0.4, -0.2) is 37.6 Å².